The average Bonchev–Trinajstić information content (AvgIpc) is 2.44. The van der Waals surface area contributed by atoms with Gasteiger partial charge in [-0.25, -0.2) is 0 Å². The van der Waals surface area contributed by atoms with E-state index >= 15 is 0 Å². The van der Waals surface area contributed by atoms with Crippen molar-refractivity contribution in [1.82, 2.24) is 5.32 Å². The molecule has 0 radical (unpaired) electrons. The Bertz CT molecular complexity index is 380. The van der Waals surface area contributed by atoms with Gasteiger partial charge < -0.3 is 15.2 Å². The highest BCUT2D eigenvalue weighted by molar-refractivity contribution is 9.10. The molecule has 2 atom stereocenters. The van der Waals surface area contributed by atoms with E-state index in [1.807, 2.05) is 12.1 Å². The van der Waals surface area contributed by atoms with E-state index < -0.39 is 0 Å². The van der Waals surface area contributed by atoms with Gasteiger partial charge in [0.15, 0.2) is 0 Å². The fourth-order valence-electron chi connectivity index (χ4n) is 2.43. The van der Waals surface area contributed by atoms with Gasteiger partial charge >= 0.3 is 0 Å². The van der Waals surface area contributed by atoms with Crippen molar-refractivity contribution in [1.29, 1.82) is 0 Å². The topological polar surface area (TPSA) is 41.5 Å². The second kappa shape index (κ2) is 8.00. The van der Waals surface area contributed by atoms with Crippen LogP contribution in [0.4, 0.5) is 0 Å². The second-order valence-electron chi connectivity index (χ2n) is 5.20. The van der Waals surface area contributed by atoms with Gasteiger partial charge in [-0.15, -0.1) is 0 Å². The van der Waals surface area contributed by atoms with E-state index in [2.05, 4.69) is 33.4 Å². The third-order valence-corrected chi connectivity index (χ3v) is 4.02. The van der Waals surface area contributed by atoms with Gasteiger partial charge in [0.2, 0.25) is 0 Å². The van der Waals surface area contributed by atoms with E-state index in [4.69, 9.17) is 4.74 Å². The molecule has 0 amide bonds. The molecule has 3 nitrogen and oxygen atoms in total. The molecule has 0 aliphatic carbocycles. The summed E-state index contributed by atoms with van der Waals surface area (Å²) in [6.07, 6.45) is 3.21. The molecule has 106 valence electrons. The number of ether oxygens (including phenoxy) is 1. The van der Waals surface area contributed by atoms with Crippen molar-refractivity contribution in [2.75, 3.05) is 26.4 Å². The molecule has 0 aromatic heterocycles. The van der Waals surface area contributed by atoms with Crippen LogP contribution < -0.4 is 5.32 Å². The van der Waals surface area contributed by atoms with Gasteiger partial charge in [0.1, 0.15) is 0 Å². The lowest BCUT2D eigenvalue weighted by atomic mass is 9.99. The zero-order valence-electron chi connectivity index (χ0n) is 11.1. The average molecular weight is 328 g/mol. The summed E-state index contributed by atoms with van der Waals surface area (Å²) in [6, 6.07) is 8.74. The number of rotatable bonds is 6. The lowest BCUT2D eigenvalue weighted by molar-refractivity contribution is 0.0676. The minimum Gasteiger partial charge on any atom is -0.396 e. The van der Waals surface area contributed by atoms with Gasteiger partial charge in [-0.1, -0.05) is 28.1 Å². The van der Waals surface area contributed by atoms with Crippen LogP contribution in [0.5, 0.6) is 0 Å². The molecule has 1 fully saturated rings. The Morgan fingerprint density at radius 2 is 2.37 bits per heavy atom. The number of aliphatic hydroxyl groups is 1. The Labute approximate surface area is 123 Å². The summed E-state index contributed by atoms with van der Waals surface area (Å²) in [5.41, 5.74) is 1.26. The molecule has 2 N–H and O–H groups in total. The van der Waals surface area contributed by atoms with Crippen molar-refractivity contribution in [2.45, 2.75) is 25.3 Å². The SMILES string of the molecule is OCC(CNC1CCCOC1)Cc1cccc(Br)c1. The highest BCUT2D eigenvalue weighted by atomic mass is 79.9. The van der Waals surface area contributed by atoms with Crippen LogP contribution in [0.3, 0.4) is 0 Å². The quantitative estimate of drug-likeness (QED) is 0.842. The first-order chi connectivity index (χ1) is 9.28. The molecule has 1 heterocycles. The van der Waals surface area contributed by atoms with Gasteiger partial charge in [0.05, 0.1) is 6.61 Å². The summed E-state index contributed by atoms with van der Waals surface area (Å²) in [5.74, 6) is 0.260. The number of halogens is 1. The van der Waals surface area contributed by atoms with Crippen LogP contribution >= 0.6 is 15.9 Å². The number of hydrogen-bond donors (Lipinski definition) is 2. The van der Waals surface area contributed by atoms with E-state index in [9.17, 15) is 5.11 Å². The summed E-state index contributed by atoms with van der Waals surface area (Å²) in [7, 11) is 0. The van der Waals surface area contributed by atoms with Crippen LogP contribution in [0, 0.1) is 5.92 Å². The second-order valence-corrected chi connectivity index (χ2v) is 6.12. The lowest BCUT2D eigenvalue weighted by Crippen LogP contribution is -2.40. The number of aliphatic hydroxyl groups excluding tert-OH is 1. The van der Waals surface area contributed by atoms with Crippen molar-refractivity contribution in [3.8, 4) is 0 Å². The summed E-state index contributed by atoms with van der Waals surface area (Å²) in [5, 5.41) is 13.0. The molecule has 0 spiro atoms. The number of hydrogen-bond acceptors (Lipinski definition) is 3. The minimum absolute atomic E-state index is 0.215. The van der Waals surface area contributed by atoms with E-state index in [1.165, 1.54) is 12.0 Å². The lowest BCUT2D eigenvalue weighted by Gasteiger charge is -2.25. The normalized spacial score (nSPS) is 21.3. The number of benzene rings is 1. The van der Waals surface area contributed by atoms with Crippen molar-refractivity contribution in [2.24, 2.45) is 5.92 Å². The summed E-state index contributed by atoms with van der Waals surface area (Å²) in [6.45, 7) is 2.75. The van der Waals surface area contributed by atoms with Crippen LogP contribution in [0.2, 0.25) is 0 Å². The van der Waals surface area contributed by atoms with Gasteiger partial charge in [0.25, 0.3) is 0 Å². The van der Waals surface area contributed by atoms with Crippen LogP contribution in [-0.2, 0) is 11.2 Å². The standard InChI is InChI=1S/C15H22BrNO2/c16-14-4-1-3-12(8-14)7-13(10-18)9-17-15-5-2-6-19-11-15/h1,3-4,8,13,15,17-18H,2,5-7,9-11H2. The fourth-order valence-corrected chi connectivity index (χ4v) is 2.88. The Kier molecular flexibility index (Phi) is 6.31. The van der Waals surface area contributed by atoms with Crippen LogP contribution in [0.1, 0.15) is 18.4 Å². The molecular formula is C15H22BrNO2. The maximum Gasteiger partial charge on any atom is 0.0619 e. The largest absolute Gasteiger partial charge is 0.396 e. The molecule has 2 unspecified atom stereocenters. The molecule has 2 rings (SSSR count). The molecule has 1 aromatic carbocycles. The zero-order chi connectivity index (χ0) is 13.5. The maximum absolute atomic E-state index is 9.50. The van der Waals surface area contributed by atoms with Crippen molar-refractivity contribution in [3.05, 3.63) is 34.3 Å². The third-order valence-electron chi connectivity index (χ3n) is 3.53. The Morgan fingerprint density at radius 3 is 3.05 bits per heavy atom. The first kappa shape index (κ1) is 15.0. The molecule has 1 saturated heterocycles. The van der Waals surface area contributed by atoms with Gasteiger partial charge in [0, 0.05) is 30.3 Å². The highest BCUT2D eigenvalue weighted by Gasteiger charge is 2.15. The summed E-state index contributed by atoms with van der Waals surface area (Å²) in [4.78, 5) is 0. The van der Waals surface area contributed by atoms with Gasteiger partial charge in [-0.2, -0.15) is 0 Å². The predicted octanol–water partition coefficient (Wildman–Crippen LogP) is 2.37. The predicted molar refractivity (Wildman–Crippen MR) is 80.3 cm³/mol. The van der Waals surface area contributed by atoms with Gasteiger partial charge in [-0.3, -0.25) is 0 Å². The van der Waals surface area contributed by atoms with Gasteiger partial charge in [-0.05, 0) is 42.9 Å². The highest BCUT2D eigenvalue weighted by Crippen LogP contribution is 2.15. The molecule has 1 aliphatic rings. The first-order valence-electron chi connectivity index (χ1n) is 6.94. The molecule has 1 aromatic rings. The fraction of sp³-hybridized carbons (Fsp3) is 0.600. The monoisotopic (exact) mass is 327 g/mol. The van der Waals surface area contributed by atoms with Crippen molar-refractivity contribution in [3.63, 3.8) is 0 Å². The Morgan fingerprint density at radius 1 is 1.47 bits per heavy atom. The smallest absolute Gasteiger partial charge is 0.0619 e. The Hall–Kier alpha value is -0.420. The van der Waals surface area contributed by atoms with Crippen LogP contribution in [-0.4, -0.2) is 37.5 Å². The van der Waals surface area contributed by atoms with E-state index in [0.717, 1.165) is 37.1 Å². The molecule has 0 bridgehead atoms. The zero-order valence-corrected chi connectivity index (χ0v) is 12.7. The molecule has 19 heavy (non-hydrogen) atoms. The molecular weight excluding hydrogens is 306 g/mol. The number of nitrogens with one attached hydrogen (secondary N) is 1. The van der Waals surface area contributed by atoms with Crippen molar-refractivity contribution >= 4 is 15.9 Å². The van der Waals surface area contributed by atoms with E-state index in [-0.39, 0.29) is 12.5 Å². The summed E-state index contributed by atoms with van der Waals surface area (Å²) >= 11 is 3.48. The van der Waals surface area contributed by atoms with E-state index in [1.54, 1.807) is 0 Å². The molecule has 1 aliphatic heterocycles. The summed E-state index contributed by atoms with van der Waals surface area (Å²) < 4.78 is 6.54. The molecule has 0 saturated carbocycles. The Balaban J connectivity index is 1.79. The maximum atomic E-state index is 9.50. The van der Waals surface area contributed by atoms with E-state index in [0.29, 0.717) is 6.04 Å². The third kappa shape index (κ3) is 5.22. The van der Waals surface area contributed by atoms with Crippen LogP contribution in [0.15, 0.2) is 28.7 Å². The minimum atomic E-state index is 0.215. The first-order valence-corrected chi connectivity index (χ1v) is 7.73. The van der Waals surface area contributed by atoms with Crippen molar-refractivity contribution < 1.29 is 9.84 Å². The molecule has 4 heteroatoms. The van der Waals surface area contributed by atoms with Crippen LogP contribution in [0.25, 0.3) is 0 Å².